The van der Waals surface area contributed by atoms with Gasteiger partial charge in [-0.3, -0.25) is 0 Å². The zero-order chi connectivity index (χ0) is 4.83. The average molecular weight is 116 g/mol. The lowest BCUT2D eigenvalue weighted by molar-refractivity contribution is 0.373. The van der Waals surface area contributed by atoms with Gasteiger partial charge in [0, 0.05) is 7.11 Å². The minimum atomic E-state index is -0.145. The lowest BCUT2D eigenvalue weighted by Gasteiger charge is -1.90. The van der Waals surface area contributed by atoms with Gasteiger partial charge in [0.25, 0.3) is 0 Å². The molecule has 0 amide bonds. The molecule has 0 aliphatic heterocycles. The second-order valence-corrected chi connectivity index (χ2v) is 2.93. The van der Waals surface area contributed by atoms with E-state index in [9.17, 15) is 0 Å². The molecule has 0 aromatic carbocycles. The molecule has 0 aliphatic rings. The van der Waals surface area contributed by atoms with Crippen LogP contribution in [0.5, 0.6) is 0 Å². The summed E-state index contributed by atoms with van der Waals surface area (Å²) in [6, 6.07) is 0. The van der Waals surface area contributed by atoms with Gasteiger partial charge in [-0.25, -0.2) is 0 Å². The molecule has 0 unspecified atom stereocenters. The maximum atomic E-state index is 4.93. The van der Waals surface area contributed by atoms with Crippen LogP contribution < -0.4 is 0 Å². The summed E-state index contributed by atoms with van der Waals surface area (Å²) in [6.07, 6.45) is 0. The minimum Gasteiger partial charge on any atom is -0.626 e. The molecule has 2 nitrogen and oxygen atoms in total. The maximum Gasteiger partial charge on any atom is 0.635 e. The smallest absolute Gasteiger partial charge is 0.626 e. The van der Waals surface area contributed by atoms with Crippen molar-refractivity contribution < 1.29 is 6.63 Å². The second-order valence-electron chi connectivity index (χ2n) is 0.704. The van der Waals surface area contributed by atoms with Crippen LogP contribution in [0.15, 0.2) is 0 Å². The molecule has 4 heteroatoms. The highest BCUT2D eigenvalue weighted by atomic mass is 27.2. The lowest BCUT2D eigenvalue weighted by atomic mass is 11.8. The van der Waals surface area contributed by atoms with Gasteiger partial charge in [0.05, 0.1) is 0 Å². The predicted octanol–water partition coefficient (Wildman–Crippen LogP) is -0.149. The molecule has 0 N–H and O–H groups in total. The van der Waals surface area contributed by atoms with Crippen LogP contribution in [0.25, 0.3) is 0 Å². The second kappa shape index (κ2) is 5.98. The van der Waals surface area contributed by atoms with E-state index in [1.165, 1.54) is 0 Å². The summed E-state index contributed by atoms with van der Waals surface area (Å²) in [5, 5.41) is 0. The van der Waals surface area contributed by atoms with Crippen molar-refractivity contribution in [1.82, 2.24) is 0 Å². The van der Waals surface area contributed by atoms with Gasteiger partial charge < -0.3 is 6.63 Å². The quantitative estimate of drug-likeness (QED) is 0.377. The Balaban J connectivity index is 2.34. The molecule has 0 aromatic heterocycles. The van der Waals surface area contributed by atoms with E-state index in [1.807, 2.05) is 5.79 Å². The van der Waals surface area contributed by atoms with E-state index in [0.717, 1.165) is 0 Å². The van der Waals surface area contributed by atoms with Crippen molar-refractivity contribution in [3.8, 4) is 0 Å². The van der Waals surface area contributed by atoms with Gasteiger partial charge in [0.2, 0.25) is 0 Å². The molecule has 2 radical (unpaired) electrons. The van der Waals surface area contributed by atoms with Gasteiger partial charge in [-0.05, 0) is 0 Å². The predicted molar refractivity (Wildman–Crippen MR) is 25.5 cm³/mol. The van der Waals surface area contributed by atoms with E-state index in [1.54, 1.807) is 7.11 Å². The first-order chi connectivity index (χ1) is 2.91. The topological polar surface area (TPSA) is 18.5 Å². The fourth-order valence-corrected chi connectivity index (χ4v) is 1.00. The molecule has 0 saturated heterocycles. The minimum absolute atomic E-state index is 0.145. The van der Waals surface area contributed by atoms with E-state index in [-0.39, 0.29) is 31.4 Å². The van der Waals surface area contributed by atoms with Crippen molar-refractivity contribution in [2.24, 2.45) is 0 Å². The molecule has 0 saturated carbocycles. The van der Waals surface area contributed by atoms with Crippen molar-refractivity contribution in [1.29, 1.82) is 0 Å². The van der Waals surface area contributed by atoms with Gasteiger partial charge in [-0.2, -0.15) is 0 Å². The third-order valence-electron chi connectivity index (χ3n) is 0.288. The van der Waals surface area contributed by atoms with Crippen LogP contribution in [-0.4, -0.2) is 38.5 Å². The molecule has 0 rings (SSSR count). The summed E-state index contributed by atoms with van der Waals surface area (Å²) in [5.41, 5.74) is 0. The standard InChI is InChI=1S/CH3O.CH3.2Al.O/c1-2;;;;/h1H3;1H3;;;/q-1;;;+1;. The summed E-state index contributed by atoms with van der Waals surface area (Å²) < 4.78 is 9.59. The third-order valence-corrected chi connectivity index (χ3v) is 2.01. The molecule has 0 spiro atoms. The van der Waals surface area contributed by atoms with E-state index >= 15 is 0 Å². The monoisotopic (exact) mass is 116 g/mol. The lowest BCUT2D eigenvalue weighted by Crippen LogP contribution is -2.01. The highest BCUT2D eigenvalue weighted by Gasteiger charge is 1.87. The third kappa shape index (κ3) is 4.98. The van der Waals surface area contributed by atoms with Crippen molar-refractivity contribution in [2.75, 3.05) is 7.11 Å². The largest absolute Gasteiger partial charge is 0.635 e. The van der Waals surface area contributed by atoms with Crippen LogP contribution in [-0.2, 0) is 6.63 Å². The molecule has 0 fully saturated rings. The first-order valence-corrected chi connectivity index (χ1v) is 4.26. The fraction of sp³-hybridized carbons (Fsp3) is 1.00. The number of hydrogen-bond acceptors (Lipinski definition) is 2. The zero-order valence-electron chi connectivity index (χ0n) is 3.97. The molecular formula is C2H6Al2O2. The van der Waals surface area contributed by atoms with Gasteiger partial charge in [0.1, 0.15) is 0 Å². The Bertz CT molecular complexity index is 21.5. The van der Waals surface area contributed by atoms with Crippen LogP contribution in [0.1, 0.15) is 0 Å². The summed E-state index contributed by atoms with van der Waals surface area (Å²) in [6.45, 7) is 0. The van der Waals surface area contributed by atoms with Crippen LogP contribution in [0.4, 0.5) is 0 Å². The van der Waals surface area contributed by atoms with E-state index in [4.69, 9.17) is 2.84 Å². The number of rotatable bonds is 3. The fourth-order valence-electron chi connectivity index (χ4n) is 0.111. The van der Waals surface area contributed by atoms with Crippen LogP contribution >= 0.6 is 0 Å². The van der Waals surface area contributed by atoms with Crippen LogP contribution in [0, 0.1) is 0 Å². The summed E-state index contributed by atoms with van der Waals surface area (Å²) >= 11 is 0.0512. The van der Waals surface area contributed by atoms with Crippen molar-refractivity contribution in [3.63, 3.8) is 0 Å². The Kier molecular flexibility index (Phi) is 6.97. The SMILES string of the molecule is C[O][Al][O][Al][CH3]. The summed E-state index contributed by atoms with van der Waals surface area (Å²) in [5.74, 6) is 2.03. The summed E-state index contributed by atoms with van der Waals surface area (Å²) in [7, 11) is 1.66. The molecular weight excluding hydrogens is 110 g/mol. The van der Waals surface area contributed by atoms with Crippen LogP contribution in [0.2, 0.25) is 5.79 Å². The van der Waals surface area contributed by atoms with E-state index < -0.39 is 0 Å². The molecule has 32 valence electrons. The molecule has 6 heavy (non-hydrogen) atoms. The summed E-state index contributed by atoms with van der Waals surface area (Å²) in [4.78, 5) is 0. The average Bonchev–Trinajstić information content (AvgIpc) is 1.61. The van der Waals surface area contributed by atoms with E-state index in [0.29, 0.717) is 0 Å². The zero-order valence-corrected chi connectivity index (χ0v) is 6.28. The highest BCUT2D eigenvalue weighted by molar-refractivity contribution is 6.37. The van der Waals surface area contributed by atoms with Gasteiger partial charge in [0.15, 0.2) is 0 Å². The first-order valence-electron chi connectivity index (χ1n) is 1.69. The Morgan fingerprint density at radius 1 is 1.50 bits per heavy atom. The molecule has 0 aromatic rings. The molecule has 0 heterocycles. The van der Waals surface area contributed by atoms with Gasteiger partial charge in [-0.1, -0.05) is 5.79 Å². The molecule has 0 atom stereocenters. The Hall–Kier alpha value is 0.985. The Morgan fingerprint density at radius 2 is 2.17 bits per heavy atom. The normalized spacial score (nSPS) is 7.67. The van der Waals surface area contributed by atoms with Crippen LogP contribution in [0.3, 0.4) is 0 Å². The molecule has 0 aliphatic carbocycles. The van der Waals surface area contributed by atoms with Gasteiger partial charge in [-0.15, -0.1) is 0 Å². The Labute approximate surface area is 51.3 Å². The van der Waals surface area contributed by atoms with Crippen molar-refractivity contribution in [3.05, 3.63) is 0 Å². The van der Waals surface area contributed by atoms with Crippen molar-refractivity contribution in [2.45, 2.75) is 5.79 Å². The van der Waals surface area contributed by atoms with E-state index in [2.05, 4.69) is 3.79 Å². The van der Waals surface area contributed by atoms with Gasteiger partial charge >= 0.3 is 31.4 Å². The maximum absolute atomic E-state index is 4.93. The van der Waals surface area contributed by atoms with Crippen molar-refractivity contribution >= 4 is 31.4 Å². The molecule has 0 bridgehead atoms. The highest BCUT2D eigenvalue weighted by Crippen LogP contribution is 1.62. The number of hydrogen-bond donors (Lipinski definition) is 0. The Morgan fingerprint density at radius 3 is 2.33 bits per heavy atom. The first kappa shape index (κ1) is 6.98.